The number of pyridine rings is 1. The molecule has 27 heavy (non-hydrogen) atoms. The normalized spacial score (nSPS) is 18.6. The average molecular weight is 361 g/mol. The maximum absolute atomic E-state index is 12.9. The van der Waals surface area contributed by atoms with Gasteiger partial charge in [-0.3, -0.25) is 9.78 Å². The van der Waals surface area contributed by atoms with Crippen LogP contribution in [0, 0.1) is 6.92 Å². The summed E-state index contributed by atoms with van der Waals surface area (Å²) in [6.07, 6.45) is 5.98. The number of fused-ring (bicyclic) bond motifs is 4. The Labute approximate surface area is 158 Å². The van der Waals surface area contributed by atoms with Gasteiger partial charge in [0, 0.05) is 36.4 Å². The number of nitrogens with one attached hydrogen (secondary N) is 1. The number of nitrogens with zero attached hydrogens (tertiary/aromatic N) is 2. The Morgan fingerprint density at radius 1 is 1.22 bits per heavy atom. The number of hydrogen-bond donors (Lipinski definition) is 1. The van der Waals surface area contributed by atoms with Crippen molar-refractivity contribution >= 4 is 16.8 Å². The average Bonchev–Trinajstić information content (AvgIpc) is 3.09. The monoisotopic (exact) mass is 361 g/mol. The van der Waals surface area contributed by atoms with E-state index in [1.165, 1.54) is 22.2 Å². The van der Waals surface area contributed by atoms with Crippen molar-refractivity contribution in [1.29, 1.82) is 0 Å². The van der Waals surface area contributed by atoms with Gasteiger partial charge >= 0.3 is 0 Å². The molecule has 4 heterocycles. The number of rotatable bonds is 1. The lowest BCUT2D eigenvalue weighted by Gasteiger charge is -2.43. The van der Waals surface area contributed by atoms with Crippen LogP contribution < -0.4 is 0 Å². The van der Waals surface area contributed by atoms with E-state index in [9.17, 15) is 4.79 Å². The molecule has 0 saturated carbocycles. The summed E-state index contributed by atoms with van der Waals surface area (Å²) >= 11 is 0. The molecule has 2 aromatic heterocycles. The van der Waals surface area contributed by atoms with Crippen molar-refractivity contribution in [3.63, 3.8) is 0 Å². The van der Waals surface area contributed by atoms with Crippen LogP contribution in [-0.4, -0.2) is 40.5 Å². The van der Waals surface area contributed by atoms with Gasteiger partial charge in [-0.25, -0.2) is 0 Å². The number of ether oxygens (including phenoxy) is 1. The van der Waals surface area contributed by atoms with Gasteiger partial charge in [0.25, 0.3) is 5.91 Å². The Hall–Kier alpha value is -2.66. The molecule has 0 bridgehead atoms. The molecule has 138 valence electrons. The van der Waals surface area contributed by atoms with Gasteiger partial charge < -0.3 is 14.6 Å². The van der Waals surface area contributed by atoms with E-state index in [0.717, 1.165) is 31.4 Å². The molecule has 2 aliphatic heterocycles. The Kier molecular flexibility index (Phi) is 3.79. The van der Waals surface area contributed by atoms with Crippen LogP contribution in [0.3, 0.4) is 0 Å². The van der Waals surface area contributed by atoms with Crippen molar-refractivity contribution in [3.8, 4) is 0 Å². The Balaban J connectivity index is 1.42. The first-order chi connectivity index (χ1) is 13.2. The summed E-state index contributed by atoms with van der Waals surface area (Å²) < 4.78 is 6.34. The van der Waals surface area contributed by atoms with Crippen LogP contribution in [0.5, 0.6) is 0 Å². The highest BCUT2D eigenvalue weighted by Gasteiger charge is 2.43. The molecule has 2 aliphatic rings. The molecule has 1 saturated heterocycles. The topological polar surface area (TPSA) is 58.2 Å². The van der Waals surface area contributed by atoms with Crippen LogP contribution in [0.1, 0.15) is 40.0 Å². The Bertz CT molecular complexity index is 1020. The lowest BCUT2D eigenvalue weighted by Crippen LogP contribution is -2.48. The molecule has 1 amide bonds. The minimum atomic E-state index is -0.298. The first kappa shape index (κ1) is 16.5. The molecular formula is C22H23N3O2. The molecule has 0 atom stereocenters. The lowest BCUT2D eigenvalue weighted by atomic mass is 9.83. The molecule has 5 heteroatoms. The maximum atomic E-state index is 12.9. The number of H-pyrrole nitrogens is 1. The summed E-state index contributed by atoms with van der Waals surface area (Å²) in [5.41, 5.74) is 5.16. The Morgan fingerprint density at radius 2 is 2.04 bits per heavy atom. The quantitative estimate of drug-likeness (QED) is 0.721. The standard InChI is InChI=1S/C22H23N3O2/c1-15-6-10-23-14-18(15)21(26)25-11-8-22(9-12-25)20-17(7-13-27-22)16-4-2-3-5-19(16)24-20/h2-6,10,14,24H,7-9,11-13H2,1H3. The highest BCUT2D eigenvalue weighted by atomic mass is 16.5. The smallest absolute Gasteiger partial charge is 0.255 e. The third kappa shape index (κ3) is 2.57. The van der Waals surface area contributed by atoms with Gasteiger partial charge in [-0.2, -0.15) is 0 Å². The van der Waals surface area contributed by atoms with E-state index in [-0.39, 0.29) is 11.5 Å². The third-order valence-corrected chi connectivity index (χ3v) is 6.13. The van der Waals surface area contributed by atoms with E-state index in [1.54, 1.807) is 12.4 Å². The van der Waals surface area contributed by atoms with Crippen LogP contribution in [0.4, 0.5) is 0 Å². The van der Waals surface area contributed by atoms with Gasteiger partial charge in [-0.1, -0.05) is 18.2 Å². The predicted octanol–water partition coefficient (Wildman–Crippen LogP) is 3.58. The number of likely N-dealkylation sites (tertiary alicyclic amines) is 1. The zero-order valence-electron chi connectivity index (χ0n) is 15.5. The number of benzene rings is 1. The first-order valence-corrected chi connectivity index (χ1v) is 9.62. The minimum Gasteiger partial charge on any atom is -0.368 e. The molecular weight excluding hydrogens is 338 g/mol. The molecule has 5 nitrogen and oxygen atoms in total. The fraction of sp³-hybridized carbons (Fsp3) is 0.364. The van der Waals surface area contributed by atoms with E-state index < -0.39 is 0 Å². The van der Waals surface area contributed by atoms with Crippen molar-refractivity contribution in [1.82, 2.24) is 14.9 Å². The number of para-hydroxylation sites is 1. The highest BCUT2D eigenvalue weighted by Crippen LogP contribution is 2.43. The molecule has 1 spiro atoms. The number of aromatic amines is 1. The number of aromatic nitrogens is 2. The van der Waals surface area contributed by atoms with E-state index >= 15 is 0 Å². The minimum absolute atomic E-state index is 0.0723. The fourth-order valence-electron chi connectivity index (χ4n) is 4.59. The number of carbonyl (C=O) groups is 1. The van der Waals surface area contributed by atoms with Gasteiger partial charge in [-0.05, 0) is 49.4 Å². The molecule has 0 radical (unpaired) electrons. The largest absolute Gasteiger partial charge is 0.368 e. The lowest BCUT2D eigenvalue weighted by molar-refractivity contribution is -0.0957. The zero-order chi connectivity index (χ0) is 18.4. The fourth-order valence-corrected chi connectivity index (χ4v) is 4.59. The second-order valence-electron chi connectivity index (χ2n) is 7.60. The van der Waals surface area contributed by atoms with Gasteiger partial charge in [-0.15, -0.1) is 0 Å². The summed E-state index contributed by atoms with van der Waals surface area (Å²) in [5.74, 6) is 0.0723. The number of amides is 1. The van der Waals surface area contributed by atoms with E-state index in [1.807, 2.05) is 17.9 Å². The highest BCUT2D eigenvalue weighted by molar-refractivity contribution is 5.95. The van der Waals surface area contributed by atoms with E-state index in [0.29, 0.717) is 18.7 Å². The van der Waals surface area contributed by atoms with Crippen molar-refractivity contribution in [2.24, 2.45) is 0 Å². The summed E-state index contributed by atoms with van der Waals surface area (Å²) in [6.45, 7) is 4.09. The van der Waals surface area contributed by atoms with Crippen LogP contribution in [-0.2, 0) is 16.8 Å². The van der Waals surface area contributed by atoms with Gasteiger partial charge in [0.1, 0.15) is 5.60 Å². The first-order valence-electron chi connectivity index (χ1n) is 9.62. The molecule has 0 unspecified atom stereocenters. The van der Waals surface area contributed by atoms with Crippen LogP contribution in [0.25, 0.3) is 10.9 Å². The molecule has 1 fully saturated rings. The second-order valence-corrected chi connectivity index (χ2v) is 7.60. The van der Waals surface area contributed by atoms with Gasteiger partial charge in [0.05, 0.1) is 17.9 Å². The SMILES string of the molecule is Cc1ccncc1C(=O)N1CCC2(CC1)OCCc1c2[nH]c2ccccc12. The number of carbonyl (C=O) groups excluding carboxylic acids is 1. The van der Waals surface area contributed by atoms with Crippen molar-refractivity contribution in [2.45, 2.75) is 31.8 Å². The van der Waals surface area contributed by atoms with Crippen LogP contribution in [0.2, 0.25) is 0 Å². The van der Waals surface area contributed by atoms with Gasteiger partial charge in [0.15, 0.2) is 0 Å². The zero-order valence-corrected chi connectivity index (χ0v) is 15.5. The number of piperidine rings is 1. The predicted molar refractivity (Wildman–Crippen MR) is 104 cm³/mol. The molecule has 1 aromatic carbocycles. The Morgan fingerprint density at radius 3 is 2.85 bits per heavy atom. The summed E-state index contributed by atoms with van der Waals surface area (Å²) in [4.78, 5) is 22.6. The van der Waals surface area contributed by atoms with Crippen molar-refractivity contribution in [2.75, 3.05) is 19.7 Å². The molecule has 0 aliphatic carbocycles. The van der Waals surface area contributed by atoms with Crippen molar-refractivity contribution < 1.29 is 9.53 Å². The second kappa shape index (κ2) is 6.20. The molecule has 5 rings (SSSR count). The van der Waals surface area contributed by atoms with Crippen molar-refractivity contribution in [3.05, 3.63) is 65.1 Å². The van der Waals surface area contributed by atoms with E-state index in [4.69, 9.17) is 4.74 Å². The molecule has 1 N–H and O–H groups in total. The summed E-state index contributed by atoms with van der Waals surface area (Å²) in [7, 11) is 0. The summed E-state index contributed by atoms with van der Waals surface area (Å²) in [5, 5.41) is 1.31. The van der Waals surface area contributed by atoms with Crippen LogP contribution in [0.15, 0.2) is 42.7 Å². The number of aryl methyl sites for hydroxylation is 1. The molecule has 3 aromatic rings. The summed E-state index contributed by atoms with van der Waals surface area (Å²) in [6, 6.07) is 10.4. The number of hydrogen-bond acceptors (Lipinski definition) is 3. The van der Waals surface area contributed by atoms with Gasteiger partial charge in [0.2, 0.25) is 0 Å². The van der Waals surface area contributed by atoms with E-state index in [2.05, 4.69) is 34.2 Å². The third-order valence-electron chi connectivity index (χ3n) is 6.13. The van der Waals surface area contributed by atoms with Crippen LogP contribution >= 0.6 is 0 Å². The maximum Gasteiger partial charge on any atom is 0.255 e.